The Morgan fingerprint density at radius 2 is 1.59 bits per heavy atom. The minimum atomic E-state index is -1.65. The minimum Gasteiger partial charge on any atom is -0.481 e. The molecule has 5 unspecified atom stereocenters. The summed E-state index contributed by atoms with van der Waals surface area (Å²) in [4.78, 5) is 63.8. The van der Waals surface area contributed by atoms with Crippen LogP contribution in [0.5, 0.6) is 0 Å². The number of nitrogens with two attached hydrogens (primary N) is 1. The molecule has 0 bridgehead atoms. The second-order valence-electron chi connectivity index (χ2n) is 8.78. The zero-order valence-corrected chi connectivity index (χ0v) is 20.6. The van der Waals surface area contributed by atoms with E-state index in [1.807, 2.05) is 24.3 Å². The van der Waals surface area contributed by atoms with Gasteiger partial charge in [0.2, 0.25) is 17.7 Å². The number of carbonyl (C=O) groups excluding carboxylic acids is 3. The summed E-state index contributed by atoms with van der Waals surface area (Å²) >= 11 is 0. The van der Waals surface area contributed by atoms with Gasteiger partial charge in [-0.3, -0.25) is 19.2 Å². The van der Waals surface area contributed by atoms with E-state index in [1.165, 1.54) is 0 Å². The van der Waals surface area contributed by atoms with Crippen LogP contribution in [0.25, 0.3) is 10.9 Å². The smallest absolute Gasteiger partial charge is 0.326 e. The first kappa shape index (κ1) is 29.3. The van der Waals surface area contributed by atoms with Crippen molar-refractivity contribution in [1.82, 2.24) is 20.9 Å². The SMILES string of the molecule is CCC(C)C(NC(=O)C(CC(=O)O)NC(=O)C(CO)NC(=O)C(N)Cc1c[nH]c2ccccc12)C(=O)O. The number of aromatic nitrogens is 1. The van der Waals surface area contributed by atoms with E-state index in [-0.39, 0.29) is 6.42 Å². The van der Waals surface area contributed by atoms with Gasteiger partial charge in [-0.2, -0.15) is 0 Å². The van der Waals surface area contributed by atoms with Gasteiger partial charge in [-0.25, -0.2) is 4.79 Å². The van der Waals surface area contributed by atoms with Crippen molar-refractivity contribution in [3.8, 4) is 0 Å². The van der Waals surface area contributed by atoms with Crippen molar-refractivity contribution in [3.63, 3.8) is 0 Å². The summed E-state index contributed by atoms with van der Waals surface area (Å²) in [6, 6.07) is 1.85. The Kier molecular flexibility index (Phi) is 10.6. The molecule has 5 atom stereocenters. The van der Waals surface area contributed by atoms with Gasteiger partial charge in [0, 0.05) is 17.1 Å². The zero-order valence-electron chi connectivity index (χ0n) is 20.6. The monoisotopic (exact) mass is 519 g/mol. The lowest BCUT2D eigenvalue weighted by Gasteiger charge is -2.25. The summed E-state index contributed by atoms with van der Waals surface area (Å²) in [5.74, 6) is -6.02. The maximum absolute atomic E-state index is 12.7. The number of carboxylic acids is 2. The molecule has 0 saturated carbocycles. The van der Waals surface area contributed by atoms with Crippen molar-refractivity contribution in [1.29, 1.82) is 0 Å². The van der Waals surface area contributed by atoms with Gasteiger partial charge in [-0.05, 0) is 24.0 Å². The number of benzene rings is 1. The highest BCUT2D eigenvalue weighted by atomic mass is 16.4. The highest BCUT2D eigenvalue weighted by Crippen LogP contribution is 2.18. The molecule has 9 N–H and O–H groups in total. The first-order valence-electron chi connectivity index (χ1n) is 11.8. The Hall–Kier alpha value is -3.97. The zero-order chi connectivity index (χ0) is 27.7. The number of aliphatic hydroxyl groups is 1. The van der Waals surface area contributed by atoms with Crippen LogP contribution >= 0.6 is 0 Å². The molecule has 13 nitrogen and oxygen atoms in total. The van der Waals surface area contributed by atoms with Crippen LogP contribution in [0.1, 0.15) is 32.3 Å². The summed E-state index contributed by atoms with van der Waals surface area (Å²) < 4.78 is 0. The molecule has 0 spiro atoms. The van der Waals surface area contributed by atoms with Gasteiger partial charge in [0.05, 0.1) is 19.1 Å². The maximum Gasteiger partial charge on any atom is 0.326 e. The van der Waals surface area contributed by atoms with Crippen LogP contribution in [0.3, 0.4) is 0 Å². The molecule has 1 heterocycles. The Balaban J connectivity index is 2.06. The lowest BCUT2D eigenvalue weighted by Crippen LogP contribution is -2.59. The molecule has 2 rings (SSSR count). The topological polar surface area (TPSA) is 224 Å². The average molecular weight is 520 g/mol. The highest BCUT2D eigenvalue weighted by molar-refractivity contribution is 5.96. The largest absolute Gasteiger partial charge is 0.481 e. The van der Waals surface area contributed by atoms with Crippen molar-refractivity contribution >= 4 is 40.6 Å². The van der Waals surface area contributed by atoms with Gasteiger partial charge >= 0.3 is 11.9 Å². The minimum absolute atomic E-state index is 0.131. The van der Waals surface area contributed by atoms with E-state index in [1.54, 1.807) is 20.0 Å². The third-order valence-electron chi connectivity index (χ3n) is 6.06. The van der Waals surface area contributed by atoms with Crippen LogP contribution in [0.15, 0.2) is 30.5 Å². The summed E-state index contributed by atoms with van der Waals surface area (Å²) in [7, 11) is 0. The number of fused-ring (bicyclic) bond motifs is 1. The average Bonchev–Trinajstić information content (AvgIpc) is 3.26. The van der Waals surface area contributed by atoms with Crippen LogP contribution in [0, 0.1) is 5.92 Å². The molecule has 37 heavy (non-hydrogen) atoms. The van der Waals surface area contributed by atoms with Gasteiger partial charge < -0.3 is 42.0 Å². The summed E-state index contributed by atoms with van der Waals surface area (Å²) in [5, 5.41) is 35.8. The van der Waals surface area contributed by atoms with Crippen molar-refractivity contribution < 1.29 is 39.3 Å². The van der Waals surface area contributed by atoms with E-state index >= 15 is 0 Å². The van der Waals surface area contributed by atoms with E-state index in [2.05, 4.69) is 20.9 Å². The van der Waals surface area contributed by atoms with Crippen molar-refractivity contribution in [2.24, 2.45) is 11.7 Å². The number of nitrogens with one attached hydrogen (secondary N) is 4. The number of carbonyl (C=O) groups is 5. The number of amides is 3. The Bertz CT molecular complexity index is 1130. The third kappa shape index (κ3) is 8.02. The molecule has 0 aliphatic rings. The number of rotatable bonds is 14. The fraction of sp³-hybridized carbons (Fsp3) is 0.458. The van der Waals surface area contributed by atoms with E-state index in [0.717, 1.165) is 16.5 Å². The number of aliphatic carboxylic acids is 2. The Labute approximate surface area is 212 Å². The lowest BCUT2D eigenvalue weighted by molar-refractivity contribution is -0.144. The number of hydrogen-bond acceptors (Lipinski definition) is 7. The van der Waals surface area contributed by atoms with Crippen LogP contribution in [-0.2, 0) is 30.4 Å². The first-order valence-corrected chi connectivity index (χ1v) is 11.8. The molecule has 0 radical (unpaired) electrons. The van der Waals surface area contributed by atoms with Gasteiger partial charge in [0.15, 0.2) is 0 Å². The fourth-order valence-corrected chi connectivity index (χ4v) is 3.70. The quantitative estimate of drug-likeness (QED) is 0.154. The first-order chi connectivity index (χ1) is 17.5. The van der Waals surface area contributed by atoms with Crippen LogP contribution in [0.4, 0.5) is 0 Å². The summed E-state index contributed by atoms with van der Waals surface area (Å²) in [6.07, 6.45) is 1.42. The summed E-state index contributed by atoms with van der Waals surface area (Å²) in [5.41, 5.74) is 7.64. The number of H-pyrrole nitrogens is 1. The number of aliphatic hydroxyl groups excluding tert-OH is 1. The Morgan fingerprint density at radius 3 is 2.19 bits per heavy atom. The molecule has 0 aliphatic heterocycles. The standard InChI is InChI=1S/C24H33N5O8/c1-3-12(2)20(24(36)37)29-22(34)17(9-19(31)32)27-23(35)18(11-30)28-21(33)15(25)8-13-10-26-16-7-5-4-6-14(13)16/h4-7,10,12,15,17-18,20,26,30H,3,8-9,11,25H2,1-2H3,(H,27,35)(H,28,33)(H,29,34)(H,31,32)(H,36,37). The van der Waals surface area contributed by atoms with Crippen molar-refractivity contribution in [2.45, 2.75) is 57.3 Å². The van der Waals surface area contributed by atoms with E-state index in [9.17, 15) is 39.3 Å². The van der Waals surface area contributed by atoms with Crippen molar-refractivity contribution in [2.75, 3.05) is 6.61 Å². The van der Waals surface area contributed by atoms with E-state index in [4.69, 9.17) is 5.73 Å². The number of aromatic amines is 1. The second kappa shape index (κ2) is 13.4. The van der Waals surface area contributed by atoms with Gasteiger partial charge in [-0.1, -0.05) is 38.5 Å². The predicted octanol–water partition coefficient (Wildman–Crippen LogP) is -0.910. The maximum atomic E-state index is 12.7. The number of hydrogen-bond donors (Lipinski definition) is 8. The predicted molar refractivity (Wildman–Crippen MR) is 132 cm³/mol. The van der Waals surface area contributed by atoms with E-state index < -0.39 is 72.8 Å². The molecule has 1 aromatic heterocycles. The molecule has 202 valence electrons. The second-order valence-corrected chi connectivity index (χ2v) is 8.78. The molecule has 1 aromatic carbocycles. The highest BCUT2D eigenvalue weighted by Gasteiger charge is 2.33. The molecule has 13 heteroatoms. The molecule has 0 fully saturated rings. The molecular formula is C24H33N5O8. The normalized spacial score (nSPS) is 15.1. The lowest BCUT2D eigenvalue weighted by atomic mass is 9.98. The van der Waals surface area contributed by atoms with Gasteiger partial charge in [-0.15, -0.1) is 0 Å². The summed E-state index contributed by atoms with van der Waals surface area (Å²) in [6.45, 7) is 2.46. The molecule has 2 aromatic rings. The molecule has 0 saturated heterocycles. The third-order valence-corrected chi connectivity index (χ3v) is 6.06. The number of carboxylic acid groups (broad SMARTS) is 2. The van der Waals surface area contributed by atoms with E-state index in [0.29, 0.717) is 6.42 Å². The molecule has 0 aliphatic carbocycles. The van der Waals surface area contributed by atoms with Gasteiger partial charge in [0.25, 0.3) is 0 Å². The van der Waals surface area contributed by atoms with Gasteiger partial charge in [0.1, 0.15) is 18.1 Å². The van der Waals surface area contributed by atoms with Crippen molar-refractivity contribution in [3.05, 3.63) is 36.0 Å². The molecule has 3 amide bonds. The van der Waals surface area contributed by atoms with Crippen LogP contribution in [-0.4, -0.2) is 80.7 Å². The van der Waals surface area contributed by atoms with Crippen LogP contribution in [0.2, 0.25) is 0 Å². The number of para-hydroxylation sites is 1. The Morgan fingerprint density at radius 1 is 0.973 bits per heavy atom. The fourth-order valence-electron chi connectivity index (χ4n) is 3.70. The van der Waals surface area contributed by atoms with Crippen LogP contribution < -0.4 is 21.7 Å². The molecular weight excluding hydrogens is 486 g/mol.